The second-order valence-electron chi connectivity index (χ2n) is 4.14. The van der Waals surface area contributed by atoms with Crippen LogP contribution in [0.3, 0.4) is 0 Å². The van der Waals surface area contributed by atoms with Crippen LogP contribution >= 0.6 is 0 Å². The fourth-order valence-electron chi connectivity index (χ4n) is 1.95. The number of carbonyl (C=O) groups is 1. The van der Waals surface area contributed by atoms with Gasteiger partial charge in [-0.2, -0.15) is 0 Å². The largest absolute Gasteiger partial charge is 0.388 e. The first-order valence-corrected chi connectivity index (χ1v) is 5.71. The Labute approximate surface area is 96.9 Å². The number of hydrogen-bond acceptors (Lipinski definition) is 4. The second kappa shape index (κ2) is 5.66. The summed E-state index contributed by atoms with van der Waals surface area (Å²) < 4.78 is 11.1. The maximum atomic E-state index is 11.3. The van der Waals surface area contributed by atoms with Gasteiger partial charge in [0.05, 0.1) is 12.1 Å². The van der Waals surface area contributed by atoms with E-state index in [0.29, 0.717) is 0 Å². The van der Waals surface area contributed by atoms with Gasteiger partial charge < -0.3 is 19.9 Å². The Hall–Kier alpha value is -0.585. The van der Waals surface area contributed by atoms with E-state index < -0.39 is 18.3 Å². The van der Waals surface area contributed by atoms with E-state index in [4.69, 9.17) is 9.47 Å². The lowest BCUT2D eigenvalue weighted by atomic mass is 9.92. The molecule has 0 aliphatic carbocycles. The quantitative estimate of drug-likeness (QED) is 0.584. The number of aliphatic hydroxyl groups is 1. The van der Waals surface area contributed by atoms with E-state index in [9.17, 15) is 9.90 Å². The zero-order valence-corrected chi connectivity index (χ0v) is 10.3. The van der Waals surface area contributed by atoms with Crippen LogP contribution in [0.2, 0.25) is 0 Å². The molecule has 1 amide bonds. The van der Waals surface area contributed by atoms with Gasteiger partial charge in [-0.15, -0.1) is 0 Å². The Kier molecular flexibility index (Phi) is 4.77. The Morgan fingerprint density at radius 2 is 2.31 bits per heavy atom. The van der Waals surface area contributed by atoms with Crippen LogP contribution in [0.1, 0.15) is 20.3 Å². The minimum atomic E-state index is -0.660. The molecule has 1 aliphatic heterocycles. The summed E-state index contributed by atoms with van der Waals surface area (Å²) in [6.07, 6.45) is -1.13. The van der Waals surface area contributed by atoms with Crippen LogP contribution in [-0.2, 0) is 14.3 Å². The summed E-state index contributed by atoms with van der Waals surface area (Å²) in [7, 11) is 3.40. The smallest absolute Gasteiger partial charge is 0.248 e. The standard InChI is InChI=1S/C10H20BNO4/c1-4-6-7(13)8(9(11)16-6)15-5(2)10(14)12-3/h5-9,13H,4,11H2,1-3H3,(H,12,14)/t5?,6-,7+,8?,9-/m1/s1. The third-order valence-electron chi connectivity index (χ3n) is 2.95. The van der Waals surface area contributed by atoms with Gasteiger partial charge in [0.25, 0.3) is 0 Å². The van der Waals surface area contributed by atoms with Crippen molar-refractivity contribution in [3.05, 3.63) is 0 Å². The average molecular weight is 229 g/mol. The van der Waals surface area contributed by atoms with E-state index >= 15 is 0 Å². The molecule has 1 aliphatic rings. The van der Waals surface area contributed by atoms with Crippen LogP contribution in [-0.4, -0.2) is 56.3 Å². The Morgan fingerprint density at radius 3 is 2.75 bits per heavy atom. The zero-order valence-electron chi connectivity index (χ0n) is 10.3. The fraction of sp³-hybridized carbons (Fsp3) is 0.900. The van der Waals surface area contributed by atoms with Crippen LogP contribution in [0.5, 0.6) is 0 Å². The molecular weight excluding hydrogens is 209 g/mol. The maximum absolute atomic E-state index is 11.3. The monoisotopic (exact) mass is 229 g/mol. The van der Waals surface area contributed by atoms with Gasteiger partial charge in [0, 0.05) is 7.05 Å². The van der Waals surface area contributed by atoms with Crippen molar-refractivity contribution in [3.63, 3.8) is 0 Å². The number of amides is 1. The van der Waals surface area contributed by atoms with Crippen molar-refractivity contribution in [2.75, 3.05) is 7.05 Å². The number of aliphatic hydroxyl groups excluding tert-OH is 1. The molecule has 1 heterocycles. The molecule has 1 rings (SSSR count). The molecule has 5 atom stereocenters. The molecule has 0 aromatic rings. The molecule has 0 spiro atoms. The highest BCUT2D eigenvalue weighted by Crippen LogP contribution is 2.25. The molecule has 0 radical (unpaired) electrons. The highest BCUT2D eigenvalue weighted by Gasteiger charge is 2.42. The first-order valence-electron chi connectivity index (χ1n) is 5.71. The summed E-state index contributed by atoms with van der Waals surface area (Å²) in [6, 6.07) is -0.188. The molecule has 2 unspecified atom stereocenters. The van der Waals surface area contributed by atoms with Gasteiger partial charge in [-0.1, -0.05) is 6.92 Å². The van der Waals surface area contributed by atoms with Gasteiger partial charge in [-0.25, -0.2) is 0 Å². The van der Waals surface area contributed by atoms with Gasteiger partial charge in [0.15, 0.2) is 0 Å². The third-order valence-corrected chi connectivity index (χ3v) is 2.95. The van der Waals surface area contributed by atoms with Crippen molar-refractivity contribution in [3.8, 4) is 0 Å². The van der Waals surface area contributed by atoms with Crippen LogP contribution in [0.15, 0.2) is 0 Å². The molecule has 0 saturated carbocycles. The van der Waals surface area contributed by atoms with Gasteiger partial charge in [-0.3, -0.25) is 4.79 Å². The molecule has 0 aromatic carbocycles. The van der Waals surface area contributed by atoms with Gasteiger partial charge in [0.1, 0.15) is 26.2 Å². The Balaban J connectivity index is 2.57. The van der Waals surface area contributed by atoms with E-state index in [1.165, 1.54) is 0 Å². The summed E-state index contributed by atoms with van der Waals surface area (Å²) in [4.78, 5) is 11.3. The number of likely N-dealkylation sites (N-methyl/N-ethyl adjacent to an activating group) is 1. The minimum absolute atomic E-state index is 0.188. The number of nitrogens with one attached hydrogen (secondary N) is 1. The Bertz CT molecular complexity index is 251. The molecule has 92 valence electrons. The predicted molar refractivity (Wildman–Crippen MR) is 61.9 cm³/mol. The number of hydrogen-bond donors (Lipinski definition) is 2. The first kappa shape index (κ1) is 13.5. The van der Waals surface area contributed by atoms with Gasteiger partial charge in [-0.05, 0) is 13.3 Å². The topological polar surface area (TPSA) is 67.8 Å². The number of rotatable bonds is 4. The van der Waals surface area contributed by atoms with E-state index in [1.54, 1.807) is 14.0 Å². The van der Waals surface area contributed by atoms with Crippen molar-refractivity contribution in [1.82, 2.24) is 5.32 Å². The average Bonchev–Trinajstić information content (AvgIpc) is 2.55. The van der Waals surface area contributed by atoms with Crippen molar-refractivity contribution in [2.45, 2.75) is 50.7 Å². The lowest BCUT2D eigenvalue weighted by molar-refractivity contribution is -0.138. The summed E-state index contributed by atoms with van der Waals surface area (Å²) >= 11 is 0. The first-order chi connectivity index (χ1) is 7.51. The van der Waals surface area contributed by atoms with Gasteiger partial charge >= 0.3 is 0 Å². The second-order valence-corrected chi connectivity index (χ2v) is 4.14. The lowest BCUT2D eigenvalue weighted by Crippen LogP contribution is -2.42. The molecule has 1 saturated heterocycles. The number of ether oxygens (including phenoxy) is 2. The van der Waals surface area contributed by atoms with E-state index in [2.05, 4.69) is 5.32 Å². The summed E-state index contributed by atoms with van der Waals surface area (Å²) in [5.74, 6) is -0.195. The van der Waals surface area contributed by atoms with Crippen molar-refractivity contribution < 1.29 is 19.4 Å². The van der Waals surface area contributed by atoms with Crippen LogP contribution in [0.25, 0.3) is 0 Å². The van der Waals surface area contributed by atoms with E-state index in [0.717, 1.165) is 6.42 Å². The molecule has 5 nitrogen and oxygen atoms in total. The highest BCUT2D eigenvalue weighted by atomic mass is 16.6. The lowest BCUT2D eigenvalue weighted by Gasteiger charge is -2.22. The minimum Gasteiger partial charge on any atom is -0.388 e. The molecular formula is C10H20BNO4. The fourth-order valence-corrected chi connectivity index (χ4v) is 1.95. The molecule has 1 fully saturated rings. The molecule has 2 N–H and O–H groups in total. The maximum Gasteiger partial charge on any atom is 0.248 e. The number of carbonyl (C=O) groups excluding carboxylic acids is 1. The van der Waals surface area contributed by atoms with Crippen LogP contribution in [0.4, 0.5) is 0 Å². The van der Waals surface area contributed by atoms with Crippen LogP contribution in [0, 0.1) is 0 Å². The summed E-state index contributed by atoms with van der Waals surface area (Å²) in [5.41, 5.74) is 0. The van der Waals surface area contributed by atoms with Crippen molar-refractivity contribution >= 4 is 13.8 Å². The SMILES string of the molecule is B[C@@H]1O[C@H](CC)[C@H](O)C1OC(C)C(=O)NC. The zero-order chi connectivity index (χ0) is 12.3. The van der Waals surface area contributed by atoms with Crippen molar-refractivity contribution in [1.29, 1.82) is 0 Å². The normalized spacial score (nSPS) is 36.0. The van der Waals surface area contributed by atoms with Crippen LogP contribution < -0.4 is 5.32 Å². The Morgan fingerprint density at radius 1 is 1.69 bits per heavy atom. The molecule has 0 aromatic heterocycles. The predicted octanol–water partition coefficient (Wildman–Crippen LogP) is -1.36. The third kappa shape index (κ3) is 2.75. The van der Waals surface area contributed by atoms with E-state index in [-0.39, 0.29) is 18.0 Å². The van der Waals surface area contributed by atoms with E-state index in [1.807, 2.05) is 14.8 Å². The summed E-state index contributed by atoms with van der Waals surface area (Å²) in [6.45, 7) is 3.61. The summed E-state index contributed by atoms with van der Waals surface area (Å²) in [5, 5.41) is 12.4. The molecule has 16 heavy (non-hydrogen) atoms. The van der Waals surface area contributed by atoms with Crippen molar-refractivity contribution in [2.24, 2.45) is 0 Å². The molecule has 0 bridgehead atoms. The molecule has 6 heteroatoms. The highest BCUT2D eigenvalue weighted by molar-refractivity contribution is 6.11. The van der Waals surface area contributed by atoms with Gasteiger partial charge in [0.2, 0.25) is 5.91 Å².